The second-order valence-corrected chi connectivity index (χ2v) is 6.15. The second kappa shape index (κ2) is 3.46. The van der Waals surface area contributed by atoms with Crippen LogP contribution in [0.1, 0.15) is 27.7 Å². The van der Waals surface area contributed by atoms with Gasteiger partial charge in [-0.2, -0.15) is 0 Å². The fourth-order valence-electron chi connectivity index (χ4n) is 1.86. The Bertz CT molecular complexity index is 185. The molecule has 0 bridgehead atoms. The molecule has 1 aliphatic heterocycles. The van der Waals surface area contributed by atoms with Crippen molar-refractivity contribution in [3.8, 4) is 0 Å². The predicted molar refractivity (Wildman–Crippen MR) is 53.8 cm³/mol. The molecule has 0 spiro atoms. The van der Waals surface area contributed by atoms with E-state index in [0.717, 1.165) is 18.1 Å². The molecule has 0 saturated carbocycles. The highest BCUT2D eigenvalue weighted by Gasteiger charge is 2.30. The summed E-state index contributed by atoms with van der Waals surface area (Å²) in [5.74, 6) is 1.69. The predicted octanol–water partition coefficient (Wildman–Crippen LogP) is 1.24. The molecule has 1 aliphatic rings. The quantitative estimate of drug-likeness (QED) is 0.571. The van der Waals surface area contributed by atoms with Crippen molar-refractivity contribution in [2.45, 2.75) is 39.3 Å². The van der Waals surface area contributed by atoms with Crippen molar-refractivity contribution in [3.63, 3.8) is 0 Å². The Hall–Kier alpha value is 0.110. The van der Waals surface area contributed by atoms with Crippen molar-refractivity contribution in [1.82, 2.24) is 4.90 Å². The molecule has 0 aromatic heterocycles. The molecule has 1 rings (SSSR count). The highest BCUT2D eigenvalue weighted by molar-refractivity contribution is 7.85. The van der Waals surface area contributed by atoms with E-state index in [0.29, 0.717) is 6.04 Å². The first-order valence-corrected chi connectivity index (χ1v) is 6.02. The van der Waals surface area contributed by atoms with Gasteiger partial charge in [-0.25, -0.2) is 0 Å². The fraction of sp³-hybridized carbons (Fsp3) is 1.00. The highest BCUT2D eigenvalue weighted by atomic mass is 32.2. The normalized spacial score (nSPS) is 33.7. The summed E-state index contributed by atoms with van der Waals surface area (Å²) in [6, 6.07) is 0.472. The molecule has 72 valence electrons. The molecule has 12 heavy (non-hydrogen) atoms. The molecular formula is C9H19NOS. The molecule has 3 heteroatoms. The van der Waals surface area contributed by atoms with E-state index in [-0.39, 0.29) is 5.54 Å². The van der Waals surface area contributed by atoms with E-state index in [1.165, 1.54) is 0 Å². The Morgan fingerprint density at radius 2 is 2.00 bits per heavy atom. The van der Waals surface area contributed by atoms with Crippen LogP contribution in [-0.4, -0.2) is 38.7 Å². The summed E-state index contributed by atoms with van der Waals surface area (Å²) in [4.78, 5) is 2.44. The summed E-state index contributed by atoms with van der Waals surface area (Å²) in [5.41, 5.74) is 0.226. The smallest absolute Gasteiger partial charge is 0.0389 e. The summed E-state index contributed by atoms with van der Waals surface area (Å²) in [6.45, 7) is 9.81. The summed E-state index contributed by atoms with van der Waals surface area (Å²) in [7, 11) is -0.567. The van der Waals surface area contributed by atoms with Gasteiger partial charge >= 0.3 is 0 Å². The first-order chi connectivity index (χ1) is 5.41. The zero-order valence-corrected chi connectivity index (χ0v) is 9.28. The van der Waals surface area contributed by atoms with E-state index in [1.807, 2.05) is 0 Å². The SMILES string of the molecule is CC1CS(=O)CCN1C(C)(C)C. The molecule has 2 atom stereocenters. The maximum atomic E-state index is 11.2. The van der Waals surface area contributed by atoms with E-state index < -0.39 is 10.8 Å². The number of hydrogen-bond donors (Lipinski definition) is 0. The van der Waals surface area contributed by atoms with Gasteiger partial charge in [0.1, 0.15) is 0 Å². The van der Waals surface area contributed by atoms with Crippen LogP contribution in [0.2, 0.25) is 0 Å². The monoisotopic (exact) mass is 189 g/mol. The van der Waals surface area contributed by atoms with Crippen molar-refractivity contribution < 1.29 is 4.21 Å². The average molecular weight is 189 g/mol. The van der Waals surface area contributed by atoms with Gasteiger partial charge in [-0.15, -0.1) is 0 Å². The van der Waals surface area contributed by atoms with Crippen molar-refractivity contribution in [1.29, 1.82) is 0 Å². The van der Waals surface area contributed by atoms with Gasteiger partial charge in [-0.3, -0.25) is 9.11 Å². The standard InChI is InChI=1S/C9H19NOS/c1-8-7-12(11)6-5-10(8)9(2,3)4/h8H,5-7H2,1-4H3. The number of hydrogen-bond acceptors (Lipinski definition) is 2. The van der Waals surface area contributed by atoms with Gasteiger partial charge in [0.05, 0.1) is 0 Å². The van der Waals surface area contributed by atoms with Crippen LogP contribution in [0, 0.1) is 0 Å². The topological polar surface area (TPSA) is 20.3 Å². The third-order valence-electron chi connectivity index (χ3n) is 2.38. The molecule has 1 heterocycles. The van der Waals surface area contributed by atoms with Crippen LogP contribution < -0.4 is 0 Å². The van der Waals surface area contributed by atoms with Crippen molar-refractivity contribution >= 4 is 10.8 Å². The molecule has 0 aliphatic carbocycles. The lowest BCUT2D eigenvalue weighted by molar-refractivity contribution is 0.105. The van der Waals surface area contributed by atoms with E-state index in [9.17, 15) is 4.21 Å². The molecule has 1 saturated heterocycles. The van der Waals surface area contributed by atoms with Gasteiger partial charge < -0.3 is 0 Å². The molecule has 1 fully saturated rings. The van der Waals surface area contributed by atoms with Crippen LogP contribution in [0.25, 0.3) is 0 Å². The van der Waals surface area contributed by atoms with Gasteiger partial charge in [0.2, 0.25) is 0 Å². The van der Waals surface area contributed by atoms with E-state index in [4.69, 9.17) is 0 Å². The molecule has 0 N–H and O–H groups in total. The first-order valence-electron chi connectivity index (χ1n) is 4.53. The van der Waals surface area contributed by atoms with Crippen molar-refractivity contribution in [2.24, 2.45) is 0 Å². The zero-order valence-electron chi connectivity index (χ0n) is 8.46. The van der Waals surface area contributed by atoms with Gasteiger partial charge in [0.15, 0.2) is 0 Å². The maximum Gasteiger partial charge on any atom is 0.0389 e. The minimum Gasteiger partial charge on any atom is -0.294 e. The number of rotatable bonds is 0. The van der Waals surface area contributed by atoms with Crippen molar-refractivity contribution in [2.75, 3.05) is 18.1 Å². The molecular weight excluding hydrogens is 170 g/mol. The van der Waals surface area contributed by atoms with Crippen molar-refractivity contribution in [3.05, 3.63) is 0 Å². The molecule has 2 nitrogen and oxygen atoms in total. The summed E-state index contributed by atoms with van der Waals surface area (Å²) < 4.78 is 11.2. The molecule has 2 unspecified atom stereocenters. The minimum atomic E-state index is -0.567. The largest absolute Gasteiger partial charge is 0.294 e. The average Bonchev–Trinajstić information content (AvgIpc) is 1.83. The molecule has 0 amide bonds. The minimum absolute atomic E-state index is 0.226. The van der Waals surface area contributed by atoms with E-state index in [2.05, 4.69) is 32.6 Å². The summed E-state index contributed by atoms with van der Waals surface area (Å²) in [6.07, 6.45) is 0. The molecule has 0 aromatic carbocycles. The van der Waals surface area contributed by atoms with Crippen LogP contribution in [0.15, 0.2) is 0 Å². The Balaban J connectivity index is 2.62. The van der Waals surface area contributed by atoms with Crippen LogP contribution in [0.3, 0.4) is 0 Å². The van der Waals surface area contributed by atoms with Gasteiger partial charge in [-0.1, -0.05) is 0 Å². The van der Waals surface area contributed by atoms with E-state index in [1.54, 1.807) is 0 Å². The Kier molecular flexibility index (Phi) is 2.94. The van der Waals surface area contributed by atoms with Crippen LogP contribution >= 0.6 is 0 Å². The number of nitrogens with zero attached hydrogens (tertiary/aromatic N) is 1. The molecule has 0 radical (unpaired) electrons. The molecule has 0 aromatic rings. The first kappa shape index (κ1) is 10.2. The third kappa shape index (κ3) is 2.30. The van der Waals surface area contributed by atoms with Crippen LogP contribution in [-0.2, 0) is 10.8 Å². The van der Waals surface area contributed by atoms with Crippen LogP contribution in [0.4, 0.5) is 0 Å². The van der Waals surface area contributed by atoms with Gasteiger partial charge in [-0.05, 0) is 27.7 Å². The summed E-state index contributed by atoms with van der Waals surface area (Å²) >= 11 is 0. The van der Waals surface area contributed by atoms with Gasteiger partial charge in [0, 0.05) is 40.4 Å². The lowest BCUT2D eigenvalue weighted by atomic mass is 10.0. The third-order valence-corrected chi connectivity index (χ3v) is 3.87. The fourth-order valence-corrected chi connectivity index (χ4v) is 3.14. The maximum absolute atomic E-state index is 11.2. The Labute approximate surface area is 77.8 Å². The summed E-state index contributed by atoms with van der Waals surface area (Å²) in [5, 5.41) is 0. The Morgan fingerprint density at radius 3 is 2.42 bits per heavy atom. The lowest BCUT2D eigenvalue weighted by Gasteiger charge is -2.42. The van der Waals surface area contributed by atoms with E-state index >= 15 is 0 Å². The highest BCUT2D eigenvalue weighted by Crippen LogP contribution is 2.20. The van der Waals surface area contributed by atoms with Gasteiger partial charge in [0.25, 0.3) is 0 Å². The zero-order chi connectivity index (χ0) is 9.35. The van der Waals surface area contributed by atoms with Crippen LogP contribution in [0.5, 0.6) is 0 Å². The Morgan fingerprint density at radius 1 is 1.42 bits per heavy atom. The lowest BCUT2D eigenvalue weighted by Crippen LogP contribution is -2.53. The second-order valence-electron chi connectivity index (χ2n) is 4.52.